The molecule has 4 nitrogen and oxygen atoms in total. The van der Waals surface area contributed by atoms with Gasteiger partial charge in [0, 0.05) is 25.5 Å². The SMILES string of the molecule is CCCc1cn2cc(C)cc(N3CCOCC3)c2n1. The van der Waals surface area contributed by atoms with Gasteiger partial charge in [-0.1, -0.05) is 13.3 Å². The monoisotopic (exact) mass is 259 g/mol. The van der Waals surface area contributed by atoms with Crippen LogP contribution < -0.4 is 4.90 Å². The van der Waals surface area contributed by atoms with Crippen molar-refractivity contribution >= 4 is 11.3 Å². The predicted octanol–water partition coefficient (Wildman–Crippen LogP) is 2.43. The van der Waals surface area contributed by atoms with Crippen molar-refractivity contribution < 1.29 is 4.74 Å². The number of hydrogen-bond donors (Lipinski definition) is 0. The lowest BCUT2D eigenvalue weighted by molar-refractivity contribution is 0.123. The Balaban J connectivity index is 2.05. The van der Waals surface area contributed by atoms with Gasteiger partial charge in [0.25, 0.3) is 0 Å². The van der Waals surface area contributed by atoms with E-state index in [1.54, 1.807) is 0 Å². The summed E-state index contributed by atoms with van der Waals surface area (Å²) < 4.78 is 7.61. The molecule has 1 aliphatic heterocycles. The van der Waals surface area contributed by atoms with Crippen molar-refractivity contribution in [2.45, 2.75) is 26.7 Å². The summed E-state index contributed by atoms with van der Waals surface area (Å²) in [5.41, 5.74) is 4.78. The van der Waals surface area contributed by atoms with Crippen LogP contribution in [0.5, 0.6) is 0 Å². The number of imidazole rings is 1. The lowest BCUT2D eigenvalue weighted by Gasteiger charge is -2.29. The van der Waals surface area contributed by atoms with Crippen LogP contribution in [-0.4, -0.2) is 35.7 Å². The van der Waals surface area contributed by atoms with Gasteiger partial charge in [-0.15, -0.1) is 0 Å². The molecule has 0 atom stereocenters. The maximum atomic E-state index is 5.44. The number of ether oxygens (including phenoxy) is 1. The van der Waals surface area contributed by atoms with E-state index in [2.05, 4.69) is 41.6 Å². The third kappa shape index (κ3) is 2.45. The van der Waals surface area contributed by atoms with Gasteiger partial charge in [0.15, 0.2) is 5.65 Å². The van der Waals surface area contributed by atoms with Crippen LogP contribution in [0.15, 0.2) is 18.5 Å². The Bertz CT molecular complexity index is 570. The molecule has 1 saturated heterocycles. The summed E-state index contributed by atoms with van der Waals surface area (Å²) >= 11 is 0. The third-order valence-electron chi connectivity index (χ3n) is 3.58. The van der Waals surface area contributed by atoms with Crippen LogP contribution in [0.25, 0.3) is 5.65 Å². The zero-order chi connectivity index (χ0) is 13.2. The number of morpholine rings is 1. The van der Waals surface area contributed by atoms with Gasteiger partial charge in [0.05, 0.1) is 24.6 Å². The zero-order valence-corrected chi connectivity index (χ0v) is 11.7. The smallest absolute Gasteiger partial charge is 0.160 e. The molecule has 1 fully saturated rings. The van der Waals surface area contributed by atoms with Crippen molar-refractivity contribution in [2.75, 3.05) is 31.2 Å². The first-order valence-electron chi connectivity index (χ1n) is 7.09. The first-order valence-corrected chi connectivity index (χ1v) is 7.09. The summed E-state index contributed by atoms with van der Waals surface area (Å²) in [5, 5.41) is 0. The fourth-order valence-corrected chi connectivity index (χ4v) is 2.68. The Kier molecular flexibility index (Phi) is 3.42. The number of fused-ring (bicyclic) bond motifs is 1. The Morgan fingerprint density at radius 3 is 2.79 bits per heavy atom. The van der Waals surface area contributed by atoms with E-state index >= 15 is 0 Å². The molecule has 0 spiro atoms. The Hall–Kier alpha value is -1.55. The molecule has 102 valence electrons. The van der Waals surface area contributed by atoms with Crippen molar-refractivity contribution in [3.05, 3.63) is 29.7 Å². The van der Waals surface area contributed by atoms with E-state index in [0.29, 0.717) is 0 Å². The van der Waals surface area contributed by atoms with Gasteiger partial charge in [0.1, 0.15) is 0 Å². The van der Waals surface area contributed by atoms with Gasteiger partial charge >= 0.3 is 0 Å². The van der Waals surface area contributed by atoms with Crippen LogP contribution in [0.3, 0.4) is 0 Å². The average Bonchev–Trinajstić information content (AvgIpc) is 2.81. The van der Waals surface area contributed by atoms with Crippen LogP contribution in [0, 0.1) is 6.92 Å². The molecule has 0 amide bonds. The van der Waals surface area contributed by atoms with Crippen LogP contribution in [0.1, 0.15) is 24.6 Å². The Labute approximate surface area is 114 Å². The number of nitrogens with zero attached hydrogens (tertiary/aromatic N) is 3. The summed E-state index contributed by atoms with van der Waals surface area (Å²) in [4.78, 5) is 7.18. The maximum absolute atomic E-state index is 5.44. The lowest BCUT2D eigenvalue weighted by Crippen LogP contribution is -2.36. The zero-order valence-electron chi connectivity index (χ0n) is 11.7. The topological polar surface area (TPSA) is 29.8 Å². The predicted molar refractivity (Wildman–Crippen MR) is 77.0 cm³/mol. The molecule has 0 saturated carbocycles. The molecule has 0 aromatic carbocycles. The van der Waals surface area contributed by atoms with E-state index in [-0.39, 0.29) is 0 Å². The quantitative estimate of drug-likeness (QED) is 0.848. The van der Waals surface area contributed by atoms with Crippen LogP contribution in [0.2, 0.25) is 0 Å². The Morgan fingerprint density at radius 2 is 2.05 bits per heavy atom. The number of anilines is 1. The van der Waals surface area contributed by atoms with E-state index in [9.17, 15) is 0 Å². The highest BCUT2D eigenvalue weighted by Gasteiger charge is 2.16. The normalized spacial score (nSPS) is 16.2. The maximum Gasteiger partial charge on any atom is 0.160 e. The molecular formula is C15H21N3O. The first kappa shape index (κ1) is 12.5. The summed E-state index contributed by atoms with van der Waals surface area (Å²) in [6, 6.07) is 2.24. The fourth-order valence-electron chi connectivity index (χ4n) is 2.68. The summed E-state index contributed by atoms with van der Waals surface area (Å²) in [6.45, 7) is 7.86. The second-order valence-corrected chi connectivity index (χ2v) is 5.22. The molecule has 0 N–H and O–H groups in total. The van der Waals surface area contributed by atoms with Gasteiger partial charge < -0.3 is 14.0 Å². The summed E-state index contributed by atoms with van der Waals surface area (Å²) in [5.74, 6) is 0. The molecule has 2 aromatic rings. The highest BCUT2D eigenvalue weighted by Crippen LogP contribution is 2.24. The first-order chi connectivity index (χ1) is 9.28. The van der Waals surface area contributed by atoms with Gasteiger partial charge in [-0.05, 0) is 25.0 Å². The van der Waals surface area contributed by atoms with E-state index in [0.717, 1.165) is 44.8 Å². The van der Waals surface area contributed by atoms with Crippen molar-refractivity contribution in [2.24, 2.45) is 0 Å². The van der Waals surface area contributed by atoms with E-state index in [1.807, 2.05) is 0 Å². The second kappa shape index (κ2) is 5.21. The van der Waals surface area contributed by atoms with E-state index in [4.69, 9.17) is 9.72 Å². The number of aromatic nitrogens is 2. The molecule has 19 heavy (non-hydrogen) atoms. The second-order valence-electron chi connectivity index (χ2n) is 5.22. The number of hydrogen-bond acceptors (Lipinski definition) is 3. The van der Waals surface area contributed by atoms with Crippen LogP contribution in [0.4, 0.5) is 5.69 Å². The molecule has 0 aliphatic carbocycles. The van der Waals surface area contributed by atoms with E-state index in [1.165, 1.54) is 16.9 Å². The van der Waals surface area contributed by atoms with Crippen molar-refractivity contribution in [1.29, 1.82) is 0 Å². The van der Waals surface area contributed by atoms with Crippen molar-refractivity contribution in [3.63, 3.8) is 0 Å². The van der Waals surface area contributed by atoms with Gasteiger partial charge in [-0.2, -0.15) is 0 Å². The third-order valence-corrected chi connectivity index (χ3v) is 3.58. The molecule has 0 bridgehead atoms. The minimum atomic E-state index is 0.808. The van der Waals surface area contributed by atoms with Crippen molar-refractivity contribution in [3.8, 4) is 0 Å². The molecule has 0 unspecified atom stereocenters. The average molecular weight is 259 g/mol. The van der Waals surface area contributed by atoms with Crippen molar-refractivity contribution in [1.82, 2.24) is 9.38 Å². The van der Waals surface area contributed by atoms with Crippen LogP contribution >= 0.6 is 0 Å². The molecule has 0 radical (unpaired) electrons. The van der Waals surface area contributed by atoms with Gasteiger partial charge in [-0.25, -0.2) is 4.98 Å². The minimum absolute atomic E-state index is 0.808. The lowest BCUT2D eigenvalue weighted by atomic mass is 10.2. The highest BCUT2D eigenvalue weighted by atomic mass is 16.5. The molecule has 4 heteroatoms. The number of aryl methyl sites for hydroxylation is 2. The minimum Gasteiger partial charge on any atom is -0.378 e. The molecule has 3 heterocycles. The van der Waals surface area contributed by atoms with Crippen LogP contribution in [-0.2, 0) is 11.2 Å². The molecular weight excluding hydrogens is 238 g/mol. The number of pyridine rings is 1. The Morgan fingerprint density at radius 1 is 1.26 bits per heavy atom. The van der Waals surface area contributed by atoms with Gasteiger partial charge in [0.2, 0.25) is 0 Å². The fraction of sp³-hybridized carbons (Fsp3) is 0.533. The standard InChI is InChI=1S/C15H21N3O/c1-3-4-13-11-18-10-12(2)9-14(15(18)16-13)17-5-7-19-8-6-17/h9-11H,3-8H2,1-2H3. The molecule has 3 rings (SSSR count). The highest BCUT2D eigenvalue weighted by molar-refractivity contribution is 5.70. The van der Waals surface area contributed by atoms with E-state index < -0.39 is 0 Å². The van der Waals surface area contributed by atoms with Gasteiger partial charge in [-0.3, -0.25) is 0 Å². The summed E-state index contributed by atoms with van der Waals surface area (Å²) in [7, 11) is 0. The number of rotatable bonds is 3. The molecule has 2 aromatic heterocycles. The molecule has 1 aliphatic rings. The summed E-state index contributed by atoms with van der Waals surface area (Å²) in [6.07, 6.45) is 6.50. The largest absolute Gasteiger partial charge is 0.378 e.